The first kappa shape index (κ1) is 22.8. The van der Waals surface area contributed by atoms with E-state index in [1.54, 1.807) is 4.90 Å². The third-order valence-corrected chi connectivity index (χ3v) is 6.84. The lowest BCUT2D eigenvalue weighted by atomic mass is 9.81. The van der Waals surface area contributed by atoms with Crippen LogP contribution in [0.15, 0.2) is 28.8 Å². The molecule has 3 aliphatic rings. The molecule has 8 nitrogen and oxygen atoms in total. The number of ether oxygens (including phenoxy) is 1. The lowest BCUT2D eigenvalue weighted by molar-refractivity contribution is -0.142. The Morgan fingerprint density at radius 1 is 1.03 bits per heavy atom. The average molecular weight is 478 g/mol. The molecule has 0 spiro atoms. The fraction of sp³-hybridized carbons (Fsp3) is 0.565. The molecule has 3 atom stereocenters. The fourth-order valence-corrected chi connectivity index (χ4v) is 5.10. The van der Waals surface area contributed by atoms with E-state index in [0.717, 1.165) is 50.7 Å². The van der Waals surface area contributed by atoms with Gasteiger partial charge in [-0.3, -0.25) is 9.69 Å². The van der Waals surface area contributed by atoms with E-state index < -0.39 is 17.8 Å². The van der Waals surface area contributed by atoms with Gasteiger partial charge >= 0.3 is 12.2 Å². The molecule has 1 aliphatic carbocycles. The van der Waals surface area contributed by atoms with Gasteiger partial charge in [0, 0.05) is 18.2 Å². The van der Waals surface area contributed by atoms with Gasteiger partial charge in [0.2, 0.25) is 17.6 Å². The van der Waals surface area contributed by atoms with Gasteiger partial charge in [-0.05, 0) is 37.8 Å². The van der Waals surface area contributed by atoms with Gasteiger partial charge in [0.15, 0.2) is 0 Å². The van der Waals surface area contributed by atoms with E-state index in [4.69, 9.17) is 9.26 Å². The summed E-state index contributed by atoms with van der Waals surface area (Å²) in [5.74, 6) is -0.109. The average Bonchev–Trinajstić information content (AvgIpc) is 3.51. The Kier molecular flexibility index (Phi) is 6.05. The van der Waals surface area contributed by atoms with Crippen LogP contribution in [0.5, 0.6) is 0 Å². The van der Waals surface area contributed by atoms with Crippen molar-refractivity contribution in [3.63, 3.8) is 0 Å². The standard InChI is InChI=1S/C23H25F3N4O4/c24-23(25,26)15-9-7-14(8-10-15)20-27-19(34-28-20)13-29-18-6-2-1-5-17(18)21(31)30(22(29)32)12-16-4-3-11-33-16/h7-10,16-18H,1-6,11-13H2. The summed E-state index contributed by atoms with van der Waals surface area (Å²) < 4.78 is 49.5. The number of alkyl halides is 3. The van der Waals surface area contributed by atoms with Gasteiger partial charge in [-0.2, -0.15) is 18.2 Å². The van der Waals surface area contributed by atoms with Crippen molar-refractivity contribution in [2.75, 3.05) is 13.2 Å². The summed E-state index contributed by atoms with van der Waals surface area (Å²) in [6.07, 6.45) is 0.428. The first-order valence-electron chi connectivity index (χ1n) is 11.5. The molecule has 1 saturated carbocycles. The first-order chi connectivity index (χ1) is 16.3. The van der Waals surface area contributed by atoms with Crippen molar-refractivity contribution in [2.45, 2.75) is 63.4 Å². The van der Waals surface area contributed by atoms with E-state index in [1.165, 1.54) is 17.0 Å². The van der Waals surface area contributed by atoms with Gasteiger partial charge in [-0.25, -0.2) is 4.79 Å². The second-order valence-electron chi connectivity index (χ2n) is 9.04. The molecule has 0 radical (unpaired) electrons. The SMILES string of the molecule is O=C1C2CCCCC2N(Cc2nc(-c3ccc(C(F)(F)F)cc3)no2)C(=O)N1CC1CCCO1. The molecule has 5 rings (SSSR count). The number of rotatable bonds is 5. The molecule has 34 heavy (non-hydrogen) atoms. The number of imide groups is 1. The van der Waals surface area contributed by atoms with Crippen molar-refractivity contribution in [3.05, 3.63) is 35.7 Å². The van der Waals surface area contributed by atoms with Gasteiger partial charge in [-0.15, -0.1) is 0 Å². The molecule has 3 amide bonds. The van der Waals surface area contributed by atoms with Crippen LogP contribution in [0.3, 0.4) is 0 Å². The van der Waals surface area contributed by atoms with E-state index in [1.807, 2.05) is 0 Å². The lowest BCUT2D eigenvalue weighted by Gasteiger charge is -2.46. The first-order valence-corrected chi connectivity index (χ1v) is 11.5. The third kappa shape index (κ3) is 4.40. The minimum atomic E-state index is -4.43. The smallest absolute Gasteiger partial charge is 0.376 e. The summed E-state index contributed by atoms with van der Waals surface area (Å²) in [6.45, 7) is 0.895. The highest BCUT2D eigenvalue weighted by molar-refractivity contribution is 5.98. The van der Waals surface area contributed by atoms with E-state index in [0.29, 0.717) is 12.2 Å². The summed E-state index contributed by atoms with van der Waals surface area (Å²) in [6, 6.07) is 3.85. The van der Waals surface area contributed by atoms with Crippen molar-refractivity contribution < 1.29 is 32.0 Å². The molecule has 2 saturated heterocycles. The van der Waals surface area contributed by atoms with Gasteiger partial charge in [0.25, 0.3) is 0 Å². The molecule has 11 heteroatoms. The highest BCUT2D eigenvalue weighted by Gasteiger charge is 2.48. The van der Waals surface area contributed by atoms with Crippen LogP contribution in [0.4, 0.5) is 18.0 Å². The molecule has 2 aromatic rings. The van der Waals surface area contributed by atoms with Crippen LogP contribution < -0.4 is 0 Å². The maximum Gasteiger partial charge on any atom is 0.416 e. The minimum Gasteiger partial charge on any atom is -0.376 e. The molecule has 1 aromatic carbocycles. The largest absolute Gasteiger partial charge is 0.416 e. The molecule has 3 heterocycles. The predicted molar refractivity (Wildman–Crippen MR) is 112 cm³/mol. The molecule has 0 bridgehead atoms. The summed E-state index contributed by atoms with van der Waals surface area (Å²) in [5, 5.41) is 3.88. The Hall–Kier alpha value is -2.95. The van der Waals surface area contributed by atoms with Gasteiger partial charge in [0.05, 0.1) is 24.1 Å². The molecule has 3 unspecified atom stereocenters. The summed E-state index contributed by atoms with van der Waals surface area (Å²) in [7, 11) is 0. The minimum absolute atomic E-state index is 0.0307. The number of fused-ring (bicyclic) bond motifs is 1. The van der Waals surface area contributed by atoms with Gasteiger partial charge in [-0.1, -0.05) is 30.1 Å². The van der Waals surface area contributed by atoms with E-state index in [9.17, 15) is 22.8 Å². The summed E-state index contributed by atoms with van der Waals surface area (Å²) in [5.41, 5.74) is -0.392. The maximum atomic E-state index is 13.4. The van der Waals surface area contributed by atoms with Crippen LogP contribution in [-0.2, 0) is 22.3 Å². The number of urea groups is 1. The maximum absolute atomic E-state index is 13.4. The zero-order chi connectivity index (χ0) is 23.9. The second-order valence-corrected chi connectivity index (χ2v) is 9.04. The Morgan fingerprint density at radius 2 is 1.79 bits per heavy atom. The number of hydrogen-bond donors (Lipinski definition) is 0. The molecule has 1 aromatic heterocycles. The number of halogens is 3. The van der Waals surface area contributed by atoms with Crippen LogP contribution in [-0.4, -0.2) is 57.2 Å². The van der Waals surface area contributed by atoms with Crippen LogP contribution in [0.25, 0.3) is 11.4 Å². The number of carbonyl (C=O) groups excluding carboxylic acids is 2. The van der Waals surface area contributed by atoms with E-state index in [-0.39, 0.29) is 48.8 Å². The molecule has 2 aliphatic heterocycles. The zero-order valence-electron chi connectivity index (χ0n) is 18.5. The monoisotopic (exact) mass is 478 g/mol. The number of amides is 3. The van der Waals surface area contributed by atoms with Crippen molar-refractivity contribution in [3.8, 4) is 11.4 Å². The summed E-state index contributed by atoms with van der Waals surface area (Å²) >= 11 is 0. The number of nitrogens with zero attached hydrogens (tertiary/aromatic N) is 4. The Labute approximate surface area is 194 Å². The third-order valence-electron chi connectivity index (χ3n) is 6.84. The van der Waals surface area contributed by atoms with Crippen molar-refractivity contribution >= 4 is 11.9 Å². The highest BCUT2D eigenvalue weighted by Crippen LogP contribution is 2.36. The van der Waals surface area contributed by atoms with Crippen LogP contribution >= 0.6 is 0 Å². The zero-order valence-corrected chi connectivity index (χ0v) is 18.5. The Balaban J connectivity index is 1.35. The topological polar surface area (TPSA) is 88.8 Å². The van der Waals surface area contributed by atoms with Crippen molar-refractivity contribution in [1.82, 2.24) is 19.9 Å². The molecule has 3 fully saturated rings. The van der Waals surface area contributed by atoms with Gasteiger partial charge < -0.3 is 14.2 Å². The quantitative estimate of drug-likeness (QED) is 0.638. The molecular formula is C23H25F3N4O4. The second kappa shape index (κ2) is 9.01. The highest BCUT2D eigenvalue weighted by atomic mass is 19.4. The fourth-order valence-electron chi connectivity index (χ4n) is 5.10. The number of hydrogen-bond acceptors (Lipinski definition) is 6. The number of carbonyl (C=O) groups is 2. The van der Waals surface area contributed by atoms with Gasteiger partial charge in [0.1, 0.15) is 6.54 Å². The molecule has 182 valence electrons. The normalized spacial score (nSPS) is 25.7. The number of aromatic nitrogens is 2. The van der Waals surface area contributed by atoms with Crippen LogP contribution in [0.2, 0.25) is 0 Å². The van der Waals surface area contributed by atoms with Crippen LogP contribution in [0.1, 0.15) is 50.0 Å². The molecular weight excluding hydrogens is 453 g/mol. The predicted octanol–water partition coefficient (Wildman–Crippen LogP) is 4.26. The van der Waals surface area contributed by atoms with E-state index in [2.05, 4.69) is 10.1 Å². The Morgan fingerprint density at radius 3 is 2.50 bits per heavy atom. The molecule has 0 N–H and O–H groups in total. The van der Waals surface area contributed by atoms with Crippen molar-refractivity contribution in [2.24, 2.45) is 5.92 Å². The lowest BCUT2D eigenvalue weighted by Crippen LogP contribution is -2.63. The number of benzene rings is 1. The van der Waals surface area contributed by atoms with Crippen LogP contribution in [0, 0.1) is 5.92 Å². The Bertz CT molecular complexity index is 1050. The van der Waals surface area contributed by atoms with E-state index >= 15 is 0 Å². The van der Waals surface area contributed by atoms with Crippen molar-refractivity contribution in [1.29, 1.82) is 0 Å². The summed E-state index contributed by atoms with van der Waals surface area (Å²) in [4.78, 5) is 33.7.